The molecular formula is C21H34N6. The van der Waals surface area contributed by atoms with Crippen molar-refractivity contribution in [3.63, 3.8) is 0 Å². The highest BCUT2D eigenvalue weighted by molar-refractivity contribution is 5.41. The lowest BCUT2D eigenvalue weighted by atomic mass is 10.0. The van der Waals surface area contributed by atoms with Crippen LogP contribution in [0.5, 0.6) is 0 Å². The van der Waals surface area contributed by atoms with Gasteiger partial charge in [0.2, 0.25) is 0 Å². The summed E-state index contributed by atoms with van der Waals surface area (Å²) in [6.45, 7) is 13.7. The molecule has 0 atom stereocenters. The van der Waals surface area contributed by atoms with Gasteiger partial charge in [-0.1, -0.05) is 13.8 Å². The van der Waals surface area contributed by atoms with Crippen molar-refractivity contribution in [2.24, 2.45) is 7.05 Å². The molecule has 1 fully saturated rings. The van der Waals surface area contributed by atoms with Gasteiger partial charge in [0.15, 0.2) is 0 Å². The van der Waals surface area contributed by atoms with E-state index >= 15 is 0 Å². The summed E-state index contributed by atoms with van der Waals surface area (Å²) in [5.41, 5.74) is 4.93. The molecule has 0 bridgehead atoms. The van der Waals surface area contributed by atoms with Gasteiger partial charge in [-0.3, -0.25) is 9.58 Å². The molecule has 0 spiro atoms. The largest absolute Gasteiger partial charge is 0.356 e. The highest BCUT2D eigenvalue weighted by Gasteiger charge is 2.25. The van der Waals surface area contributed by atoms with Gasteiger partial charge in [-0.2, -0.15) is 5.10 Å². The maximum absolute atomic E-state index is 4.69. The number of aromatic nitrogens is 4. The average Bonchev–Trinajstić information content (AvgIpc) is 2.87. The molecule has 6 nitrogen and oxygen atoms in total. The molecule has 0 unspecified atom stereocenters. The summed E-state index contributed by atoms with van der Waals surface area (Å²) < 4.78 is 1.99. The molecule has 1 aliphatic rings. The maximum Gasteiger partial charge on any atom is 0.132 e. The van der Waals surface area contributed by atoms with Crippen molar-refractivity contribution in [2.75, 3.05) is 25.0 Å². The van der Waals surface area contributed by atoms with Gasteiger partial charge in [0.1, 0.15) is 11.6 Å². The number of hydrogen-bond acceptors (Lipinski definition) is 5. The van der Waals surface area contributed by atoms with Crippen molar-refractivity contribution >= 4 is 5.82 Å². The van der Waals surface area contributed by atoms with E-state index in [1.54, 1.807) is 0 Å². The molecule has 2 aromatic heterocycles. The molecule has 27 heavy (non-hydrogen) atoms. The average molecular weight is 371 g/mol. The molecule has 2 aromatic rings. The van der Waals surface area contributed by atoms with Crippen molar-refractivity contribution < 1.29 is 0 Å². The van der Waals surface area contributed by atoms with Gasteiger partial charge in [-0.25, -0.2) is 9.97 Å². The van der Waals surface area contributed by atoms with Gasteiger partial charge in [0, 0.05) is 55.7 Å². The number of nitrogens with zero attached hydrogens (tertiary/aromatic N) is 6. The Bertz CT molecular complexity index is 786. The van der Waals surface area contributed by atoms with Crippen LogP contribution in [0.4, 0.5) is 5.82 Å². The van der Waals surface area contributed by atoms with Crippen LogP contribution in [0.25, 0.3) is 0 Å². The number of anilines is 1. The molecule has 0 amide bonds. The van der Waals surface area contributed by atoms with E-state index in [0.717, 1.165) is 55.5 Å². The second kappa shape index (κ2) is 7.97. The first kappa shape index (κ1) is 19.8. The van der Waals surface area contributed by atoms with E-state index in [2.05, 4.69) is 60.7 Å². The van der Waals surface area contributed by atoms with Crippen molar-refractivity contribution in [3.8, 4) is 0 Å². The molecule has 0 saturated carbocycles. The van der Waals surface area contributed by atoms with E-state index in [4.69, 9.17) is 4.98 Å². The summed E-state index contributed by atoms with van der Waals surface area (Å²) in [5, 5.41) is 4.56. The van der Waals surface area contributed by atoms with Crippen LogP contribution in [0.2, 0.25) is 0 Å². The first-order valence-corrected chi connectivity index (χ1v) is 10.1. The SMILES string of the molecule is Cc1nc(C(C)C)cc(N2CCC(N(C)Cc3c(C)nn(C)c3C)CC2)n1. The van der Waals surface area contributed by atoms with Gasteiger partial charge < -0.3 is 4.90 Å². The van der Waals surface area contributed by atoms with Crippen molar-refractivity contribution in [1.82, 2.24) is 24.6 Å². The van der Waals surface area contributed by atoms with Gasteiger partial charge in [-0.05, 0) is 46.6 Å². The maximum atomic E-state index is 4.69. The van der Waals surface area contributed by atoms with Gasteiger partial charge >= 0.3 is 0 Å². The summed E-state index contributed by atoms with van der Waals surface area (Å²) in [7, 11) is 4.28. The lowest BCUT2D eigenvalue weighted by Crippen LogP contribution is -2.43. The summed E-state index contributed by atoms with van der Waals surface area (Å²) >= 11 is 0. The fraction of sp³-hybridized carbons (Fsp3) is 0.667. The standard InChI is InChI=1S/C21H34N6/c1-14(2)20-12-21(23-17(5)22-20)27-10-8-18(9-11-27)25(6)13-19-15(3)24-26(7)16(19)4/h12,14,18H,8-11,13H2,1-7H3. The fourth-order valence-electron chi connectivity index (χ4n) is 3.99. The lowest BCUT2D eigenvalue weighted by Gasteiger charge is -2.37. The minimum absolute atomic E-state index is 0.431. The van der Waals surface area contributed by atoms with Gasteiger partial charge in [0.05, 0.1) is 5.69 Å². The second-order valence-electron chi connectivity index (χ2n) is 8.26. The Morgan fingerprint density at radius 2 is 1.81 bits per heavy atom. The zero-order valence-corrected chi connectivity index (χ0v) is 18.0. The number of aryl methyl sites for hydroxylation is 3. The monoisotopic (exact) mass is 370 g/mol. The van der Waals surface area contributed by atoms with Crippen LogP contribution in [-0.4, -0.2) is 50.8 Å². The third kappa shape index (κ3) is 4.32. The van der Waals surface area contributed by atoms with E-state index in [1.807, 2.05) is 18.7 Å². The van der Waals surface area contributed by atoms with Crippen LogP contribution in [-0.2, 0) is 13.6 Å². The van der Waals surface area contributed by atoms with E-state index in [-0.39, 0.29) is 0 Å². The van der Waals surface area contributed by atoms with E-state index in [9.17, 15) is 0 Å². The van der Waals surface area contributed by atoms with Crippen LogP contribution in [0.1, 0.15) is 61.1 Å². The predicted octanol–water partition coefficient (Wildman–Crippen LogP) is 3.36. The molecule has 1 aliphatic heterocycles. The zero-order chi connectivity index (χ0) is 19.7. The minimum atomic E-state index is 0.431. The third-order valence-electron chi connectivity index (χ3n) is 5.91. The fourth-order valence-corrected chi connectivity index (χ4v) is 3.99. The van der Waals surface area contributed by atoms with Crippen LogP contribution < -0.4 is 4.90 Å². The first-order chi connectivity index (χ1) is 12.8. The topological polar surface area (TPSA) is 50.1 Å². The van der Waals surface area contributed by atoms with Crippen LogP contribution in [0.3, 0.4) is 0 Å². The molecule has 6 heteroatoms. The van der Waals surface area contributed by atoms with Crippen LogP contribution >= 0.6 is 0 Å². The molecule has 3 heterocycles. The van der Waals surface area contributed by atoms with Gasteiger partial charge in [0.25, 0.3) is 0 Å². The van der Waals surface area contributed by atoms with Crippen LogP contribution in [0.15, 0.2) is 6.07 Å². The second-order valence-corrected chi connectivity index (χ2v) is 8.26. The first-order valence-electron chi connectivity index (χ1n) is 10.1. The Hall–Kier alpha value is -1.95. The normalized spacial score (nSPS) is 16.0. The summed E-state index contributed by atoms with van der Waals surface area (Å²) in [5.74, 6) is 2.39. The minimum Gasteiger partial charge on any atom is -0.356 e. The molecule has 3 rings (SSSR count). The summed E-state index contributed by atoms with van der Waals surface area (Å²) in [4.78, 5) is 14.2. The van der Waals surface area contributed by atoms with Crippen LogP contribution in [0, 0.1) is 20.8 Å². The third-order valence-corrected chi connectivity index (χ3v) is 5.91. The Morgan fingerprint density at radius 1 is 1.15 bits per heavy atom. The zero-order valence-electron chi connectivity index (χ0n) is 18.0. The van der Waals surface area contributed by atoms with E-state index in [1.165, 1.54) is 11.3 Å². The molecular weight excluding hydrogens is 336 g/mol. The summed E-state index contributed by atoms with van der Waals surface area (Å²) in [6.07, 6.45) is 2.32. The molecule has 1 saturated heterocycles. The number of hydrogen-bond donors (Lipinski definition) is 0. The number of rotatable bonds is 5. The van der Waals surface area contributed by atoms with Crippen molar-refractivity contribution in [3.05, 3.63) is 34.5 Å². The highest BCUT2D eigenvalue weighted by Crippen LogP contribution is 2.25. The summed E-state index contributed by atoms with van der Waals surface area (Å²) in [6, 6.07) is 2.78. The molecule has 0 radical (unpaired) electrons. The highest BCUT2D eigenvalue weighted by atomic mass is 15.3. The van der Waals surface area contributed by atoms with Gasteiger partial charge in [-0.15, -0.1) is 0 Å². The Balaban J connectivity index is 1.63. The van der Waals surface area contributed by atoms with E-state index in [0.29, 0.717) is 12.0 Å². The van der Waals surface area contributed by atoms with E-state index < -0.39 is 0 Å². The Labute approximate surface area is 163 Å². The molecule has 0 aromatic carbocycles. The predicted molar refractivity (Wildman–Crippen MR) is 110 cm³/mol. The Morgan fingerprint density at radius 3 is 2.37 bits per heavy atom. The van der Waals surface area contributed by atoms with Crippen molar-refractivity contribution in [2.45, 2.75) is 66.0 Å². The number of piperidine rings is 1. The quantitative estimate of drug-likeness (QED) is 0.808. The molecule has 148 valence electrons. The van der Waals surface area contributed by atoms with Crippen molar-refractivity contribution in [1.29, 1.82) is 0 Å². The molecule has 0 N–H and O–H groups in total. The Kier molecular flexibility index (Phi) is 5.84. The molecule has 0 aliphatic carbocycles. The lowest BCUT2D eigenvalue weighted by molar-refractivity contribution is 0.199. The smallest absolute Gasteiger partial charge is 0.132 e.